The van der Waals surface area contributed by atoms with Crippen LogP contribution >= 0.6 is 55.1 Å². The molecule has 112 valence electrons. The number of aromatic nitrogens is 2. The number of aromatic carboxylic acids is 1. The molecule has 2 heterocycles. The Morgan fingerprint density at radius 1 is 1.14 bits per heavy atom. The quantitative estimate of drug-likeness (QED) is 0.605. The predicted octanol–water partition coefficient (Wildman–Crippen LogP) is 4.97. The van der Waals surface area contributed by atoms with Gasteiger partial charge in [-0.3, -0.25) is 0 Å². The van der Waals surface area contributed by atoms with Gasteiger partial charge in [-0.1, -0.05) is 23.2 Å². The Bertz CT molecular complexity index is 690. The molecule has 0 radical (unpaired) electrons. The lowest BCUT2D eigenvalue weighted by atomic mass is 10.2. The van der Waals surface area contributed by atoms with E-state index in [1.54, 1.807) is 0 Å². The predicted molar refractivity (Wildman–Crippen MR) is 80.8 cm³/mol. The number of carboxylic acids is 1. The Hall–Kier alpha value is -0.830. The maximum absolute atomic E-state index is 12.9. The summed E-state index contributed by atoms with van der Waals surface area (Å²) >= 11 is 16.4. The Labute approximate surface area is 144 Å². The van der Waals surface area contributed by atoms with Gasteiger partial charge in [-0.05, 0) is 37.9 Å². The van der Waals surface area contributed by atoms with Crippen LogP contribution < -0.4 is 0 Å². The third kappa shape index (κ3) is 5.14. The number of rotatable bonds is 1. The molecule has 0 aliphatic rings. The Balaban J connectivity index is 0.000000219. The molecule has 0 unspecified atom stereocenters. The zero-order valence-electron chi connectivity index (χ0n) is 9.75. The Morgan fingerprint density at radius 2 is 1.71 bits per heavy atom. The van der Waals surface area contributed by atoms with Crippen LogP contribution in [0.15, 0.2) is 27.4 Å². The number of nitrogens with zero attached hydrogens (tertiary/aromatic N) is 2. The first-order chi connectivity index (χ1) is 9.73. The smallest absolute Gasteiger partial charge is 0.340 e. The van der Waals surface area contributed by atoms with E-state index < -0.39 is 28.3 Å². The molecule has 0 aliphatic carbocycles. The molecule has 0 bridgehead atoms. The fourth-order valence-corrected chi connectivity index (χ4v) is 2.03. The van der Waals surface area contributed by atoms with E-state index in [-0.39, 0.29) is 9.63 Å². The van der Waals surface area contributed by atoms with E-state index >= 15 is 0 Å². The van der Waals surface area contributed by atoms with Gasteiger partial charge in [0.15, 0.2) is 21.9 Å². The molecule has 4 nitrogen and oxygen atoms in total. The summed E-state index contributed by atoms with van der Waals surface area (Å²) in [6.45, 7) is 0. The molecule has 2 aromatic rings. The number of carbonyl (C=O) groups is 1. The number of carboxylic acid groups (broad SMARTS) is 1. The minimum atomic E-state index is -1.39. The van der Waals surface area contributed by atoms with E-state index in [9.17, 15) is 13.6 Å². The molecule has 1 N–H and O–H groups in total. The van der Waals surface area contributed by atoms with Crippen molar-refractivity contribution in [2.75, 3.05) is 0 Å². The van der Waals surface area contributed by atoms with Crippen molar-refractivity contribution in [1.82, 2.24) is 9.97 Å². The molecular weight excluding hydrogens is 461 g/mol. The molecular formula is C11H4Br2Cl2F2N2O2. The van der Waals surface area contributed by atoms with Crippen molar-refractivity contribution in [2.45, 2.75) is 0 Å². The fraction of sp³-hybridized carbons (Fsp3) is 0. The second kappa shape index (κ2) is 7.98. The summed E-state index contributed by atoms with van der Waals surface area (Å²) in [7, 11) is 0. The molecule has 21 heavy (non-hydrogen) atoms. The standard InChI is InChI=1S/C6H2BrClFNO2.C5H2BrClFN/c7-2-1-10-5(8)4(9)3(2)6(11)12;6-3-1-4(8)5(7)9-2-3/h1H,(H,11,12);1-2H. The highest BCUT2D eigenvalue weighted by Gasteiger charge is 2.18. The van der Waals surface area contributed by atoms with Crippen molar-refractivity contribution in [3.63, 3.8) is 0 Å². The number of hydrogen-bond acceptors (Lipinski definition) is 3. The second-order valence-electron chi connectivity index (χ2n) is 3.32. The van der Waals surface area contributed by atoms with Crippen molar-refractivity contribution < 1.29 is 18.7 Å². The number of halogens is 6. The number of hydrogen-bond donors (Lipinski definition) is 1. The van der Waals surface area contributed by atoms with Gasteiger partial charge in [0.2, 0.25) is 0 Å². The molecule has 2 aromatic heterocycles. The lowest BCUT2D eigenvalue weighted by Crippen LogP contribution is -2.03. The highest BCUT2D eigenvalue weighted by Crippen LogP contribution is 2.23. The van der Waals surface area contributed by atoms with Gasteiger partial charge in [0.05, 0.1) is 4.47 Å². The van der Waals surface area contributed by atoms with Crippen LogP contribution in [0.2, 0.25) is 10.3 Å². The highest BCUT2D eigenvalue weighted by molar-refractivity contribution is 9.10. The van der Waals surface area contributed by atoms with E-state index in [0.717, 1.165) is 6.20 Å². The van der Waals surface area contributed by atoms with Gasteiger partial charge in [-0.2, -0.15) is 0 Å². The second-order valence-corrected chi connectivity index (χ2v) is 5.80. The molecule has 0 fully saturated rings. The van der Waals surface area contributed by atoms with E-state index in [1.807, 2.05) is 0 Å². The van der Waals surface area contributed by atoms with Crippen LogP contribution in [0.1, 0.15) is 10.4 Å². The molecule has 2 rings (SSSR count). The van der Waals surface area contributed by atoms with Gasteiger partial charge in [0.25, 0.3) is 0 Å². The van der Waals surface area contributed by atoms with Gasteiger partial charge in [-0.25, -0.2) is 23.5 Å². The first-order valence-corrected chi connectivity index (χ1v) is 7.27. The summed E-state index contributed by atoms with van der Waals surface area (Å²) < 4.78 is 25.9. The summed E-state index contributed by atoms with van der Waals surface area (Å²) in [6.07, 6.45) is 2.57. The third-order valence-corrected chi connectivity index (χ3v) is 3.48. The van der Waals surface area contributed by atoms with E-state index in [0.29, 0.717) is 4.47 Å². The van der Waals surface area contributed by atoms with Crippen LogP contribution in [0.5, 0.6) is 0 Å². The minimum absolute atomic E-state index is 0.0666. The number of pyridine rings is 2. The minimum Gasteiger partial charge on any atom is -0.478 e. The van der Waals surface area contributed by atoms with Crippen LogP contribution in [-0.2, 0) is 0 Å². The monoisotopic (exact) mass is 462 g/mol. The molecule has 0 atom stereocenters. The van der Waals surface area contributed by atoms with Gasteiger partial charge >= 0.3 is 5.97 Å². The molecule has 0 aromatic carbocycles. The van der Waals surface area contributed by atoms with Gasteiger partial charge in [0, 0.05) is 16.9 Å². The van der Waals surface area contributed by atoms with Gasteiger partial charge < -0.3 is 5.11 Å². The molecule has 0 amide bonds. The average Bonchev–Trinajstić information content (AvgIpc) is 2.39. The summed E-state index contributed by atoms with van der Waals surface area (Å²) in [6, 6.07) is 1.26. The average molecular weight is 465 g/mol. The molecule has 0 spiro atoms. The maximum atomic E-state index is 12.9. The van der Waals surface area contributed by atoms with Crippen molar-refractivity contribution >= 4 is 61.0 Å². The molecule has 10 heteroatoms. The van der Waals surface area contributed by atoms with Gasteiger partial charge in [-0.15, -0.1) is 0 Å². The van der Waals surface area contributed by atoms with Crippen LogP contribution in [0.3, 0.4) is 0 Å². The first kappa shape index (κ1) is 18.2. The normalized spacial score (nSPS) is 9.81. The van der Waals surface area contributed by atoms with Crippen LogP contribution in [0.25, 0.3) is 0 Å². The van der Waals surface area contributed by atoms with Gasteiger partial charge in [0.1, 0.15) is 5.56 Å². The van der Waals surface area contributed by atoms with E-state index in [1.165, 1.54) is 12.3 Å². The van der Waals surface area contributed by atoms with E-state index in [2.05, 4.69) is 41.8 Å². The van der Waals surface area contributed by atoms with Crippen molar-refractivity contribution in [3.8, 4) is 0 Å². The highest BCUT2D eigenvalue weighted by atomic mass is 79.9. The molecule has 0 saturated carbocycles. The Morgan fingerprint density at radius 3 is 2.14 bits per heavy atom. The summed E-state index contributed by atoms with van der Waals surface area (Å²) in [5.74, 6) is -2.92. The topological polar surface area (TPSA) is 63.1 Å². The summed E-state index contributed by atoms with van der Waals surface area (Å²) in [5.41, 5.74) is -0.505. The van der Waals surface area contributed by atoms with E-state index in [4.69, 9.17) is 28.3 Å². The summed E-state index contributed by atoms with van der Waals surface area (Å²) in [5, 5.41) is 7.97. The van der Waals surface area contributed by atoms with Crippen LogP contribution in [0, 0.1) is 11.6 Å². The largest absolute Gasteiger partial charge is 0.478 e. The lowest BCUT2D eigenvalue weighted by molar-refractivity contribution is 0.0690. The fourth-order valence-electron chi connectivity index (χ4n) is 1.04. The SMILES string of the molecule is Fc1cc(Br)cnc1Cl.O=C(O)c1c(Br)cnc(Cl)c1F. The van der Waals surface area contributed by atoms with Crippen molar-refractivity contribution in [2.24, 2.45) is 0 Å². The lowest BCUT2D eigenvalue weighted by Gasteiger charge is -2.00. The summed E-state index contributed by atoms with van der Waals surface area (Å²) in [4.78, 5) is 17.4. The maximum Gasteiger partial charge on any atom is 0.340 e. The zero-order chi connectivity index (χ0) is 16.2. The van der Waals surface area contributed by atoms with Crippen molar-refractivity contribution in [1.29, 1.82) is 0 Å². The van der Waals surface area contributed by atoms with Crippen molar-refractivity contribution in [3.05, 3.63) is 54.9 Å². The zero-order valence-corrected chi connectivity index (χ0v) is 14.4. The van der Waals surface area contributed by atoms with Crippen LogP contribution in [0.4, 0.5) is 8.78 Å². The Kier molecular flexibility index (Phi) is 6.92. The van der Waals surface area contributed by atoms with Crippen LogP contribution in [-0.4, -0.2) is 21.0 Å². The molecule has 0 aliphatic heterocycles. The third-order valence-electron chi connectivity index (χ3n) is 1.91. The molecule has 0 saturated heterocycles. The first-order valence-electron chi connectivity index (χ1n) is 4.93.